The molecule has 35 heavy (non-hydrogen) atoms. The van der Waals surface area contributed by atoms with Crippen molar-refractivity contribution in [3.05, 3.63) is 75.9 Å². The Hall–Kier alpha value is -2.88. The fraction of sp³-hybridized carbons (Fsp3) is 0.360. The van der Waals surface area contributed by atoms with Gasteiger partial charge in [-0.15, -0.1) is 0 Å². The maximum atomic E-state index is 13.6. The normalized spacial score (nSPS) is 14.8. The molecule has 0 atom stereocenters. The zero-order valence-electron chi connectivity index (χ0n) is 20.2. The third kappa shape index (κ3) is 5.37. The zero-order chi connectivity index (χ0) is 25.2. The fourth-order valence-electron chi connectivity index (χ4n) is 4.21. The molecular weight excluding hydrogens is 486 g/mol. The summed E-state index contributed by atoms with van der Waals surface area (Å²) in [5.41, 5.74) is 4.39. The molecule has 10 heteroatoms. The largest absolute Gasteiger partial charge is 0.369 e. The molecule has 0 saturated carbocycles. The maximum absolute atomic E-state index is 13.6. The molecule has 3 aromatic rings. The van der Waals surface area contributed by atoms with Crippen molar-refractivity contribution in [3.8, 4) is 0 Å². The van der Waals surface area contributed by atoms with Gasteiger partial charge in [0.15, 0.2) is 0 Å². The van der Waals surface area contributed by atoms with Crippen LogP contribution < -0.4 is 10.2 Å². The van der Waals surface area contributed by atoms with Crippen LogP contribution in [0.3, 0.4) is 0 Å². The Morgan fingerprint density at radius 2 is 1.80 bits per heavy atom. The first-order chi connectivity index (χ1) is 16.7. The van der Waals surface area contributed by atoms with Crippen molar-refractivity contribution in [3.63, 3.8) is 0 Å². The smallest absolute Gasteiger partial charge is 0.263 e. The van der Waals surface area contributed by atoms with Crippen LogP contribution in [0.25, 0.3) is 0 Å². The topological polar surface area (TPSA) is 87.5 Å². The second-order valence-corrected chi connectivity index (χ2v) is 10.9. The Labute approximate surface area is 211 Å². The van der Waals surface area contributed by atoms with Crippen LogP contribution in [0.1, 0.15) is 34.0 Å². The van der Waals surface area contributed by atoms with Gasteiger partial charge in [0.05, 0.1) is 5.56 Å². The first-order valence-corrected chi connectivity index (χ1v) is 13.4. The van der Waals surface area contributed by atoms with E-state index in [-0.39, 0.29) is 17.1 Å². The predicted molar refractivity (Wildman–Crippen MR) is 137 cm³/mol. The number of aryl methyl sites for hydroxylation is 2. The number of nitrogens with zero attached hydrogens (tertiary/aromatic N) is 4. The molecule has 1 fully saturated rings. The third-order valence-corrected chi connectivity index (χ3v) is 8.45. The van der Waals surface area contributed by atoms with E-state index in [0.717, 1.165) is 11.3 Å². The molecule has 1 aromatic heterocycles. The molecule has 0 unspecified atom stereocenters. The van der Waals surface area contributed by atoms with Gasteiger partial charge >= 0.3 is 0 Å². The second kappa shape index (κ2) is 10.4. The number of benzene rings is 2. The summed E-state index contributed by atoms with van der Waals surface area (Å²) < 4.78 is 30.0. The highest BCUT2D eigenvalue weighted by Crippen LogP contribution is 2.26. The Morgan fingerprint density at radius 3 is 2.49 bits per heavy atom. The molecule has 1 amide bonds. The van der Waals surface area contributed by atoms with E-state index in [4.69, 9.17) is 11.6 Å². The van der Waals surface area contributed by atoms with E-state index in [1.54, 1.807) is 18.2 Å². The molecule has 1 N–H and O–H groups in total. The Bertz CT molecular complexity index is 1330. The van der Waals surface area contributed by atoms with Crippen LogP contribution in [0.4, 0.5) is 5.69 Å². The summed E-state index contributed by atoms with van der Waals surface area (Å²) in [6.45, 7) is 8.44. The van der Waals surface area contributed by atoms with Gasteiger partial charge in [-0.1, -0.05) is 35.9 Å². The summed E-state index contributed by atoms with van der Waals surface area (Å²) in [6.07, 6.45) is 1.49. The van der Waals surface area contributed by atoms with Gasteiger partial charge in [-0.2, -0.15) is 9.40 Å². The van der Waals surface area contributed by atoms with Crippen LogP contribution in [0.5, 0.6) is 0 Å². The molecule has 4 rings (SSSR count). The maximum Gasteiger partial charge on any atom is 0.263 e. The molecule has 2 heterocycles. The van der Waals surface area contributed by atoms with Crippen LogP contribution in [0.15, 0.2) is 53.7 Å². The number of carbonyl (C=O) groups excluding carboxylic acids is 1. The minimum Gasteiger partial charge on any atom is -0.369 e. The molecule has 0 radical (unpaired) electrons. The molecule has 1 saturated heterocycles. The number of hydrogen-bond donors (Lipinski definition) is 1. The number of sulfonamides is 1. The van der Waals surface area contributed by atoms with E-state index in [0.29, 0.717) is 37.7 Å². The van der Waals surface area contributed by atoms with Crippen LogP contribution in [-0.4, -0.2) is 54.6 Å². The summed E-state index contributed by atoms with van der Waals surface area (Å²) >= 11 is 6.02. The molecule has 8 nitrogen and oxygen atoms in total. The molecule has 1 aliphatic heterocycles. The van der Waals surface area contributed by atoms with Gasteiger partial charge < -0.3 is 10.2 Å². The minimum atomic E-state index is -3.95. The molecule has 0 bridgehead atoms. The molecule has 186 valence electrons. The van der Waals surface area contributed by atoms with Gasteiger partial charge in [-0.3, -0.25) is 9.48 Å². The summed E-state index contributed by atoms with van der Waals surface area (Å²) in [5, 5.41) is 7.42. The van der Waals surface area contributed by atoms with E-state index in [1.807, 2.05) is 19.1 Å². The summed E-state index contributed by atoms with van der Waals surface area (Å²) in [4.78, 5) is 15.2. The van der Waals surface area contributed by atoms with Gasteiger partial charge in [0, 0.05) is 56.2 Å². The highest BCUT2D eigenvalue weighted by atomic mass is 35.5. The van der Waals surface area contributed by atoms with Gasteiger partial charge in [0.1, 0.15) is 0 Å². The number of anilines is 1. The lowest BCUT2D eigenvalue weighted by Crippen LogP contribution is -2.49. The highest BCUT2D eigenvalue weighted by Gasteiger charge is 2.35. The van der Waals surface area contributed by atoms with Crippen molar-refractivity contribution in [1.29, 1.82) is 0 Å². The molecule has 1 aliphatic rings. The van der Waals surface area contributed by atoms with Gasteiger partial charge in [0.2, 0.25) is 5.03 Å². The van der Waals surface area contributed by atoms with E-state index >= 15 is 0 Å². The lowest BCUT2D eigenvalue weighted by molar-refractivity contribution is 0.0947. The first kappa shape index (κ1) is 25.2. The number of amides is 1. The average molecular weight is 516 g/mol. The lowest BCUT2D eigenvalue weighted by atomic mass is 10.1. The number of rotatable bonds is 7. The highest BCUT2D eigenvalue weighted by molar-refractivity contribution is 7.89. The standard InChI is InChI=1S/C25H30ClN5O3S/c1-4-30-17-22(24(32)27-16-20-8-6-9-21(26)15-20)25(28-30)35(33,34)31-13-11-29(12-14-31)23-10-5-7-18(2)19(23)3/h5-10,15,17H,4,11-14,16H2,1-3H3,(H,27,32). The van der Waals surface area contributed by atoms with Gasteiger partial charge in [-0.25, -0.2) is 8.42 Å². The predicted octanol–water partition coefficient (Wildman–Crippen LogP) is 3.61. The van der Waals surface area contributed by atoms with Gasteiger partial charge in [-0.05, 0) is 55.7 Å². The van der Waals surface area contributed by atoms with E-state index < -0.39 is 15.9 Å². The molecule has 0 spiro atoms. The number of hydrogen-bond acceptors (Lipinski definition) is 5. The van der Waals surface area contributed by atoms with Crippen molar-refractivity contribution in [2.75, 3.05) is 31.1 Å². The van der Waals surface area contributed by atoms with E-state index in [1.165, 1.54) is 26.3 Å². The first-order valence-electron chi connectivity index (χ1n) is 11.6. The number of halogens is 1. The van der Waals surface area contributed by atoms with Crippen LogP contribution in [0, 0.1) is 13.8 Å². The van der Waals surface area contributed by atoms with Crippen molar-refractivity contribution in [2.24, 2.45) is 0 Å². The summed E-state index contributed by atoms with van der Waals surface area (Å²) in [7, 11) is -3.95. The molecule has 2 aromatic carbocycles. The molecule has 0 aliphatic carbocycles. The monoisotopic (exact) mass is 515 g/mol. The van der Waals surface area contributed by atoms with E-state index in [9.17, 15) is 13.2 Å². The van der Waals surface area contributed by atoms with Crippen molar-refractivity contribution >= 4 is 33.2 Å². The van der Waals surface area contributed by atoms with Crippen LogP contribution in [-0.2, 0) is 23.1 Å². The summed E-state index contributed by atoms with van der Waals surface area (Å²) in [5.74, 6) is -0.489. The summed E-state index contributed by atoms with van der Waals surface area (Å²) in [6, 6.07) is 13.3. The van der Waals surface area contributed by atoms with E-state index in [2.05, 4.69) is 41.3 Å². The number of carbonyl (C=O) groups is 1. The van der Waals surface area contributed by atoms with Crippen LogP contribution in [0.2, 0.25) is 5.02 Å². The number of aromatic nitrogens is 2. The Balaban J connectivity index is 1.51. The van der Waals surface area contributed by atoms with Crippen LogP contribution >= 0.6 is 11.6 Å². The van der Waals surface area contributed by atoms with Gasteiger partial charge in [0.25, 0.3) is 15.9 Å². The number of nitrogens with one attached hydrogen (secondary N) is 1. The molecular formula is C25H30ClN5O3S. The van der Waals surface area contributed by atoms with Crippen molar-refractivity contribution in [1.82, 2.24) is 19.4 Å². The zero-order valence-corrected chi connectivity index (χ0v) is 21.7. The quantitative estimate of drug-likeness (QED) is 0.519. The SMILES string of the molecule is CCn1cc(C(=O)NCc2cccc(Cl)c2)c(S(=O)(=O)N2CCN(c3cccc(C)c3C)CC2)n1. The van der Waals surface area contributed by atoms with Crippen molar-refractivity contribution < 1.29 is 13.2 Å². The minimum absolute atomic E-state index is 0.0471. The second-order valence-electron chi connectivity index (χ2n) is 8.63. The number of piperazine rings is 1. The average Bonchev–Trinajstić information content (AvgIpc) is 3.30. The fourth-order valence-corrected chi connectivity index (χ4v) is 5.94. The van der Waals surface area contributed by atoms with Crippen molar-refractivity contribution in [2.45, 2.75) is 38.9 Å². The lowest BCUT2D eigenvalue weighted by Gasteiger charge is -2.36. The Kier molecular flexibility index (Phi) is 7.49. The Morgan fingerprint density at radius 1 is 1.09 bits per heavy atom. The third-order valence-electron chi connectivity index (χ3n) is 6.38.